The Balaban J connectivity index is 1.72. The number of rotatable bonds is 2. The number of phenolic OH excluding ortho intramolecular Hbond substituents is 1. The molecule has 1 amide bonds. The van der Waals surface area contributed by atoms with E-state index in [2.05, 4.69) is 10.5 Å². The largest absolute Gasteiger partial charge is 0.507 e. The summed E-state index contributed by atoms with van der Waals surface area (Å²) in [7, 11) is 0. The van der Waals surface area contributed by atoms with E-state index in [-0.39, 0.29) is 11.3 Å². The standard InChI is InChI=1S/C14H15ClN2O2/c15-10-3-4-13(18)11(7-10)14(19)17-16-12-6-8-1-2-9(12)5-8/h3-4,7-9,18H,1-2,5-6H2,(H,17,19)/b16-12+. The van der Waals surface area contributed by atoms with Gasteiger partial charge in [0.15, 0.2) is 0 Å². The van der Waals surface area contributed by atoms with E-state index in [1.165, 1.54) is 37.5 Å². The van der Waals surface area contributed by atoms with Crippen LogP contribution < -0.4 is 5.43 Å². The summed E-state index contributed by atoms with van der Waals surface area (Å²) in [4.78, 5) is 11.9. The van der Waals surface area contributed by atoms with Gasteiger partial charge in [0.1, 0.15) is 5.75 Å². The molecule has 1 aromatic rings. The Hall–Kier alpha value is -1.55. The molecule has 0 aliphatic heterocycles. The number of carbonyl (C=O) groups is 1. The molecule has 2 fully saturated rings. The molecule has 3 rings (SSSR count). The number of hydrogen-bond acceptors (Lipinski definition) is 3. The molecule has 2 bridgehead atoms. The lowest BCUT2D eigenvalue weighted by Gasteiger charge is -2.12. The number of hydrazone groups is 1. The van der Waals surface area contributed by atoms with Gasteiger partial charge in [0.2, 0.25) is 0 Å². The van der Waals surface area contributed by atoms with E-state index < -0.39 is 5.91 Å². The Morgan fingerprint density at radius 3 is 2.95 bits per heavy atom. The first-order valence-corrected chi connectivity index (χ1v) is 6.86. The molecule has 4 nitrogen and oxygen atoms in total. The summed E-state index contributed by atoms with van der Waals surface area (Å²) in [6, 6.07) is 4.38. The van der Waals surface area contributed by atoms with Gasteiger partial charge in [-0.1, -0.05) is 11.6 Å². The molecule has 2 saturated carbocycles. The highest BCUT2D eigenvalue weighted by Gasteiger charge is 2.36. The number of halogens is 1. The van der Waals surface area contributed by atoms with Gasteiger partial charge >= 0.3 is 0 Å². The lowest BCUT2D eigenvalue weighted by Crippen LogP contribution is -2.22. The predicted octanol–water partition coefficient (Wildman–Crippen LogP) is 2.95. The Morgan fingerprint density at radius 1 is 1.42 bits per heavy atom. The Kier molecular flexibility index (Phi) is 3.19. The van der Waals surface area contributed by atoms with Crippen molar-refractivity contribution in [1.82, 2.24) is 5.43 Å². The van der Waals surface area contributed by atoms with E-state index in [0.29, 0.717) is 10.9 Å². The maximum Gasteiger partial charge on any atom is 0.275 e. The van der Waals surface area contributed by atoms with E-state index in [0.717, 1.165) is 18.1 Å². The molecule has 100 valence electrons. The van der Waals surface area contributed by atoms with Crippen LogP contribution in [-0.4, -0.2) is 16.7 Å². The van der Waals surface area contributed by atoms with E-state index in [1.54, 1.807) is 0 Å². The number of nitrogens with one attached hydrogen (secondary N) is 1. The predicted molar refractivity (Wildman–Crippen MR) is 73.5 cm³/mol. The number of fused-ring (bicyclic) bond motifs is 2. The van der Waals surface area contributed by atoms with Crippen molar-refractivity contribution in [1.29, 1.82) is 0 Å². The van der Waals surface area contributed by atoms with Gasteiger partial charge in [-0.15, -0.1) is 0 Å². The number of aromatic hydroxyl groups is 1. The normalized spacial score (nSPS) is 26.9. The van der Waals surface area contributed by atoms with Crippen LogP contribution in [0.15, 0.2) is 23.3 Å². The van der Waals surface area contributed by atoms with Crippen LogP contribution in [0.2, 0.25) is 5.02 Å². The van der Waals surface area contributed by atoms with Crippen molar-refractivity contribution in [3.05, 3.63) is 28.8 Å². The number of amides is 1. The fourth-order valence-corrected chi connectivity index (χ4v) is 3.21. The van der Waals surface area contributed by atoms with Crippen molar-refractivity contribution >= 4 is 23.2 Å². The Labute approximate surface area is 116 Å². The Morgan fingerprint density at radius 2 is 2.26 bits per heavy atom. The third-order valence-electron chi connectivity index (χ3n) is 4.01. The number of nitrogens with zero attached hydrogens (tertiary/aromatic N) is 1. The number of carbonyl (C=O) groups excluding carboxylic acids is 1. The minimum Gasteiger partial charge on any atom is -0.507 e. The highest BCUT2D eigenvalue weighted by atomic mass is 35.5. The molecule has 2 N–H and O–H groups in total. The van der Waals surface area contributed by atoms with Crippen LogP contribution in [0.5, 0.6) is 5.75 Å². The monoisotopic (exact) mass is 278 g/mol. The van der Waals surface area contributed by atoms with Gasteiger partial charge in [-0.05, 0) is 55.7 Å². The smallest absolute Gasteiger partial charge is 0.275 e. The van der Waals surface area contributed by atoms with E-state index in [9.17, 15) is 9.90 Å². The average molecular weight is 279 g/mol. The molecular formula is C14H15ClN2O2. The second-order valence-corrected chi connectivity index (χ2v) is 5.72. The second-order valence-electron chi connectivity index (χ2n) is 5.29. The fraction of sp³-hybridized carbons (Fsp3) is 0.429. The van der Waals surface area contributed by atoms with Crippen LogP contribution in [0.4, 0.5) is 0 Å². The lowest BCUT2D eigenvalue weighted by molar-refractivity contribution is 0.0952. The molecule has 0 spiro atoms. The fourth-order valence-electron chi connectivity index (χ4n) is 3.04. The Bertz CT molecular complexity index is 556. The molecule has 0 heterocycles. The van der Waals surface area contributed by atoms with Gasteiger partial charge in [-0.25, -0.2) is 5.43 Å². The topological polar surface area (TPSA) is 61.7 Å². The van der Waals surface area contributed by atoms with Crippen LogP contribution in [0.25, 0.3) is 0 Å². The van der Waals surface area contributed by atoms with Crippen LogP contribution in [0.1, 0.15) is 36.0 Å². The zero-order valence-corrected chi connectivity index (χ0v) is 11.2. The first-order valence-electron chi connectivity index (χ1n) is 6.49. The summed E-state index contributed by atoms with van der Waals surface area (Å²) < 4.78 is 0. The minimum absolute atomic E-state index is 0.0879. The van der Waals surface area contributed by atoms with Crippen LogP contribution in [0.3, 0.4) is 0 Å². The van der Waals surface area contributed by atoms with Gasteiger partial charge < -0.3 is 5.11 Å². The van der Waals surface area contributed by atoms with Crippen molar-refractivity contribution in [2.75, 3.05) is 0 Å². The van der Waals surface area contributed by atoms with E-state index in [1.807, 2.05) is 0 Å². The summed E-state index contributed by atoms with van der Waals surface area (Å²) in [5.41, 5.74) is 3.77. The van der Waals surface area contributed by atoms with E-state index >= 15 is 0 Å². The van der Waals surface area contributed by atoms with Gasteiger partial charge in [0, 0.05) is 10.7 Å². The summed E-state index contributed by atoms with van der Waals surface area (Å²) in [5, 5.41) is 14.3. The molecule has 19 heavy (non-hydrogen) atoms. The minimum atomic E-state index is -0.421. The first kappa shape index (κ1) is 12.5. The van der Waals surface area contributed by atoms with Gasteiger partial charge in [-0.2, -0.15) is 5.10 Å². The zero-order valence-electron chi connectivity index (χ0n) is 10.4. The molecule has 2 atom stereocenters. The molecule has 0 saturated heterocycles. The van der Waals surface area contributed by atoms with Crippen molar-refractivity contribution in [2.24, 2.45) is 16.9 Å². The van der Waals surface area contributed by atoms with Crippen molar-refractivity contribution in [3.63, 3.8) is 0 Å². The van der Waals surface area contributed by atoms with Gasteiger partial charge in [0.25, 0.3) is 5.91 Å². The SMILES string of the molecule is O=C(N/N=C1\CC2CCC1C2)c1cc(Cl)ccc1O. The highest BCUT2D eigenvalue weighted by Crippen LogP contribution is 2.42. The molecule has 0 radical (unpaired) electrons. The molecule has 2 aliphatic carbocycles. The zero-order chi connectivity index (χ0) is 13.4. The summed E-state index contributed by atoms with van der Waals surface area (Å²) in [5.74, 6) is 0.781. The van der Waals surface area contributed by atoms with Crippen LogP contribution in [0, 0.1) is 11.8 Å². The average Bonchev–Trinajstić information content (AvgIpc) is 3.01. The molecule has 2 aliphatic rings. The maximum absolute atomic E-state index is 11.9. The number of hydrogen-bond donors (Lipinski definition) is 2. The summed E-state index contributed by atoms with van der Waals surface area (Å²) >= 11 is 5.81. The third kappa shape index (κ3) is 2.45. The highest BCUT2D eigenvalue weighted by molar-refractivity contribution is 6.31. The number of benzene rings is 1. The molecule has 2 unspecified atom stereocenters. The van der Waals surface area contributed by atoms with Gasteiger partial charge in [-0.3, -0.25) is 4.79 Å². The molecule has 1 aromatic carbocycles. The molecular weight excluding hydrogens is 264 g/mol. The molecule has 5 heteroatoms. The van der Waals surface area contributed by atoms with Crippen LogP contribution >= 0.6 is 11.6 Å². The van der Waals surface area contributed by atoms with Crippen LogP contribution in [-0.2, 0) is 0 Å². The summed E-state index contributed by atoms with van der Waals surface area (Å²) in [6.07, 6.45) is 4.66. The van der Waals surface area contributed by atoms with Gasteiger partial charge in [0.05, 0.1) is 5.56 Å². The second kappa shape index (κ2) is 4.85. The first-order chi connectivity index (χ1) is 9.13. The molecule has 0 aromatic heterocycles. The lowest BCUT2D eigenvalue weighted by atomic mass is 9.99. The maximum atomic E-state index is 11.9. The quantitative estimate of drug-likeness (QED) is 0.817. The van der Waals surface area contributed by atoms with Crippen molar-refractivity contribution < 1.29 is 9.90 Å². The number of phenols is 1. The van der Waals surface area contributed by atoms with E-state index in [4.69, 9.17) is 11.6 Å². The van der Waals surface area contributed by atoms with Crippen molar-refractivity contribution in [2.45, 2.75) is 25.7 Å². The third-order valence-corrected chi connectivity index (χ3v) is 4.25. The van der Waals surface area contributed by atoms with Crippen molar-refractivity contribution in [3.8, 4) is 5.75 Å². The summed E-state index contributed by atoms with van der Waals surface area (Å²) in [6.45, 7) is 0.